The first kappa shape index (κ1) is 7.34. The lowest BCUT2D eigenvalue weighted by molar-refractivity contribution is -0.0153. The molecule has 1 N–H and O–H groups in total. The van der Waals surface area contributed by atoms with Crippen LogP contribution in [0.1, 0.15) is 13.8 Å². The minimum absolute atomic E-state index is 0.102. The molecule has 0 radical (unpaired) electrons. The summed E-state index contributed by atoms with van der Waals surface area (Å²) in [6.45, 7) is 4.04. The number of aliphatic hydroxyl groups is 1. The smallest absolute Gasteiger partial charge is 0.412 e. The molecule has 1 saturated heterocycles. The molecule has 0 aliphatic carbocycles. The molecular formula is C6H11NO3. The summed E-state index contributed by atoms with van der Waals surface area (Å²) in [5.41, 5.74) is 0. The highest BCUT2D eigenvalue weighted by Gasteiger charge is 2.30. The van der Waals surface area contributed by atoms with E-state index in [-0.39, 0.29) is 12.6 Å². The number of hydrogen-bond donors (Lipinski definition) is 1. The third-order valence-corrected chi connectivity index (χ3v) is 1.45. The van der Waals surface area contributed by atoms with Crippen LogP contribution in [-0.2, 0) is 4.74 Å². The number of β-amino-alcohol motifs (C(OH)–C–C–N with tert-alkyl or cyclic N) is 1. The van der Waals surface area contributed by atoms with E-state index in [4.69, 9.17) is 5.11 Å². The molecule has 0 aromatic heterocycles. The Kier molecular flexibility index (Phi) is 1.80. The number of cyclic esters (lactones) is 1. The molecule has 4 heteroatoms. The van der Waals surface area contributed by atoms with Crippen LogP contribution < -0.4 is 0 Å². The maximum absolute atomic E-state index is 10.8. The van der Waals surface area contributed by atoms with Crippen molar-refractivity contribution >= 4 is 6.09 Å². The molecular weight excluding hydrogens is 134 g/mol. The van der Waals surface area contributed by atoms with Crippen molar-refractivity contribution in [1.82, 2.24) is 4.90 Å². The van der Waals surface area contributed by atoms with Crippen LogP contribution in [0.2, 0.25) is 0 Å². The zero-order valence-corrected chi connectivity index (χ0v) is 6.07. The lowest BCUT2D eigenvalue weighted by Crippen LogP contribution is -2.31. The highest BCUT2D eigenvalue weighted by Crippen LogP contribution is 2.11. The second-order valence-corrected chi connectivity index (χ2v) is 2.58. The van der Waals surface area contributed by atoms with Crippen LogP contribution in [0.25, 0.3) is 0 Å². The molecule has 0 spiro atoms. The molecule has 1 unspecified atom stereocenters. The van der Waals surface area contributed by atoms with E-state index in [0.717, 1.165) is 0 Å². The van der Waals surface area contributed by atoms with E-state index in [1.54, 1.807) is 0 Å². The predicted octanol–water partition coefficient (Wildman–Crippen LogP) is 0.165. The van der Waals surface area contributed by atoms with Crippen LogP contribution in [0.15, 0.2) is 0 Å². The summed E-state index contributed by atoms with van der Waals surface area (Å²) < 4.78 is 4.48. The standard InChI is InChI=1S/C6H11NO3/c1-4(2)7-3-5(8)10-6(7)9/h4-5,8H,3H2,1-2H3. The molecule has 0 aromatic carbocycles. The van der Waals surface area contributed by atoms with Gasteiger partial charge in [0.05, 0.1) is 6.54 Å². The maximum Gasteiger partial charge on any atom is 0.412 e. The van der Waals surface area contributed by atoms with E-state index < -0.39 is 12.4 Å². The highest BCUT2D eigenvalue weighted by atomic mass is 16.7. The van der Waals surface area contributed by atoms with Gasteiger partial charge >= 0.3 is 6.09 Å². The third kappa shape index (κ3) is 1.21. The minimum atomic E-state index is -0.935. The summed E-state index contributed by atoms with van der Waals surface area (Å²) in [7, 11) is 0. The normalized spacial score (nSPS) is 25.8. The van der Waals surface area contributed by atoms with E-state index >= 15 is 0 Å². The Bertz CT molecular complexity index is 146. The summed E-state index contributed by atoms with van der Waals surface area (Å²) in [6.07, 6.45) is -1.36. The number of hydrogen-bond acceptors (Lipinski definition) is 3. The molecule has 58 valence electrons. The van der Waals surface area contributed by atoms with Crippen molar-refractivity contribution in [2.24, 2.45) is 0 Å². The fourth-order valence-corrected chi connectivity index (χ4v) is 0.886. The van der Waals surface area contributed by atoms with Crippen molar-refractivity contribution in [1.29, 1.82) is 0 Å². The Morgan fingerprint density at radius 2 is 2.40 bits per heavy atom. The number of carbonyl (C=O) groups is 1. The fraction of sp³-hybridized carbons (Fsp3) is 0.833. The summed E-state index contributed by atoms with van der Waals surface area (Å²) in [4.78, 5) is 12.2. The van der Waals surface area contributed by atoms with Gasteiger partial charge in [-0.25, -0.2) is 4.79 Å². The molecule has 0 saturated carbocycles. The van der Waals surface area contributed by atoms with Gasteiger partial charge in [-0.1, -0.05) is 0 Å². The van der Waals surface area contributed by atoms with Gasteiger partial charge in [-0.15, -0.1) is 0 Å². The van der Waals surface area contributed by atoms with Gasteiger partial charge in [-0.2, -0.15) is 0 Å². The van der Waals surface area contributed by atoms with Crippen molar-refractivity contribution in [2.45, 2.75) is 26.2 Å². The Balaban J connectivity index is 2.55. The number of aliphatic hydroxyl groups excluding tert-OH is 1. The zero-order chi connectivity index (χ0) is 7.72. The largest absolute Gasteiger partial charge is 0.418 e. The van der Waals surface area contributed by atoms with Gasteiger partial charge in [0, 0.05) is 6.04 Å². The topological polar surface area (TPSA) is 49.8 Å². The van der Waals surface area contributed by atoms with E-state index in [0.29, 0.717) is 0 Å². The minimum Gasteiger partial charge on any atom is -0.418 e. The van der Waals surface area contributed by atoms with Crippen molar-refractivity contribution < 1.29 is 14.6 Å². The molecule has 0 bridgehead atoms. The molecule has 0 aromatic rings. The number of ether oxygens (including phenoxy) is 1. The van der Waals surface area contributed by atoms with Crippen LogP contribution in [0.5, 0.6) is 0 Å². The Morgan fingerprint density at radius 3 is 2.60 bits per heavy atom. The summed E-state index contributed by atoms with van der Waals surface area (Å²) in [5, 5.41) is 8.83. The van der Waals surface area contributed by atoms with Crippen LogP contribution in [0.3, 0.4) is 0 Å². The summed E-state index contributed by atoms with van der Waals surface area (Å²) >= 11 is 0. The highest BCUT2D eigenvalue weighted by molar-refractivity contribution is 5.69. The molecule has 1 aliphatic heterocycles. The Hall–Kier alpha value is -0.770. The van der Waals surface area contributed by atoms with Gasteiger partial charge in [-0.05, 0) is 13.8 Å². The van der Waals surface area contributed by atoms with Crippen LogP contribution >= 0.6 is 0 Å². The zero-order valence-electron chi connectivity index (χ0n) is 6.07. The molecule has 1 atom stereocenters. The number of amides is 1. The van der Waals surface area contributed by atoms with E-state index in [1.165, 1.54) is 4.90 Å². The molecule has 10 heavy (non-hydrogen) atoms. The van der Waals surface area contributed by atoms with Crippen molar-refractivity contribution in [3.8, 4) is 0 Å². The van der Waals surface area contributed by atoms with Crippen molar-refractivity contribution in [3.05, 3.63) is 0 Å². The van der Waals surface area contributed by atoms with E-state index in [1.807, 2.05) is 13.8 Å². The number of rotatable bonds is 1. The lowest BCUT2D eigenvalue weighted by Gasteiger charge is -2.15. The van der Waals surface area contributed by atoms with Gasteiger partial charge in [-0.3, -0.25) is 4.90 Å². The molecule has 1 aliphatic rings. The van der Waals surface area contributed by atoms with Gasteiger partial charge < -0.3 is 9.84 Å². The maximum atomic E-state index is 10.8. The monoisotopic (exact) mass is 145 g/mol. The molecule has 1 fully saturated rings. The number of nitrogens with zero attached hydrogens (tertiary/aromatic N) is 1. The molecule has 1 amide bonds. The average Bonchev–Trinajstić information content (AvgIpc) is 2.10. The molecule has 4 nitrogen and oxygen atoms in total. The van der Waals surface area contributed by atoms with Crippen molar-refractivity contribution in [2.75, 3.05) is 6.54 Å². The number of carbonyl (C=O) groups excluding carboxylic acids is 1. The van der Waals surface area contributed by atoms with E-state index in [9.17, 15) is 4.79 Å². The van der Waals surface area contributed by atoms with Crippen LogP contribution in [-0.4, -0.2) is 35.0 Å². The van der Waals surface area contributed by atoms with Gasteiger partial charge in [0.1, 0.15) is 0 Å². The van der Waals surface area contributed by atoms with Gasteiger partial charge in [0.2, 0.25) is 6.29 Å². The summed E-state index contributed by atoms with van der Waals surface area (Å²) in [5.74, 6) is 0. The SMILES string of the molecule is CC(C)N1CC(O)OC1=O. The first-order valence-corrected chi connectivity index (χ1v) is 3.26. The van der Waals surface area contributed by atoms with Crippen LogP contribution in [0, 0.1) is 0 Å². The first-order chi connectivity index (χ1) is 4.61. The predicted molar refractivity (Wildman–Crippen MR) is 34.3 cm³/mol. The summed E-state index contributed by atoms with van der Waals surface area (Å²) in [6, 6.07) is 0.102. The second-order valence-electron chi connectivity index (χ2n) is 2.58. The quantitative estimate of drug-likeness (QED) is 0.572. The third-order valence-electron chi connectivity index (χ3n) is 1.45. The van der Waals surface area contributed by atoms with Crippen molar-refractivity contribution in [3.63, 3.8) is 0 Å². The van der Waals surface area contributed by atoms with E-state index in [2.05, 4.69) is 4.74 Å². The Morgan fingerprint density at radius 1 is 1.80 bits per heavy atom. The fourth-order valence-electron chi connectivity index (χ4n) is 0.886. The van der Waals surface area contributed by atoms with Gasteiger partial charge in [0.25, 0.3) is 0 Å². The second kappa shape index (κ2) is 2.46. The van der Waals surface area contributed by atoms with Crippen LogP contribution in [0.4, 0.5) is 4.79 Å². The average molecular weight is 145 g/mol. The first-order valence-electron chi connectivity index (χ1n) is 3.26. The molecule has 1 rings (SSSR count). The Labute approximate surface area is 59.4 Å². The lowest BCUT2D eigenvalue weighted by atomic mass is 10.3. The molecule has 1 heterocycles. The van der Waals surface area contributed by atoms with Gasteiger partial charge in [0.15, 0.2) is 0 Å².